The number of carbonyl (C=O) groups is 1. The third-order valence-corrected chi connectivity index (χ3v) is 5.03. The van der Waals surface area contributed by atoms with Gasteiger partial charge >= 0.3 is 0 Å². The summed E-state index contributed by atoms with van der Waals surface area (Å²) in [4.78, 5) is 22.9. The number of non-ortho nitro benzene ring substituents is 1. The Hall–Kier alpha value is -4.60. The number of hydrogen-bond donors (Lipinski definition) is 2. The lowest BCUT2D eigenvalue weighted by atomic mass is 10.0. The predicted molar refractivity (Wildman–Crippen MR) is 121 cm³/mol. The van der Waals surface area contributed by atoms with E-state index < -0.39 is 10.8 Å². The number of hydrogen-bond acceptors (Lipinski definition) is 6. The second-order valence-corrected chi connectivity index (χ2v) is 7.30. The van der Waals surface area contributed by atoms with Crippen molar-refractivity contribution in [3.8, 4) is 11.1 Å². The summed E-state index contributed by atoms with van der Waals surface area (Å²) in [5, 5.41) is 21.3. The normalized spacial score (nSPS) is 10.7. The van der Waals surface area contributed by atoms with Crippen LogP contribution in [0.2, 0.25) is 0 Å². The lowest BCUT2D eigenvalue weighted by Gasteiger charge is -2.10. The van der Waals surface area contributed by atoms with E-state index in [1.54, 1.807) is 42.5 Å². The molecule has 0 radical (unpaired) electrons. The van der Waals surface area contributed by atoms with Gasteiger partial charge in [0.1, 0.15) is 5.82 Å². The van der Waals surface area contributed by atoms with Crippen molar-refractivity contribution in [2.45, 2.75) is 13.0 Å². The molecule has 0 saturated carbocycles. The topological polar surface area (TPSA) is 129 Å². The number of nitrogens with one attached hydrogen (secondary N) is 1. The van der Waals surface area contributed by atoms with Gasteiger partial charge in [0, 0.05) is 18.7 Å². The van der Waals surface area contributed by atoms with E-state index in [1.165, 1.54) is 35.1 Å². The molecule has 0 atom stereocenters. The third-order valence-electron chi connectivity index (χ3n) is 5.03. The molecule has 4 rings (SSSR count). The van der Waals surface area contributed by atoms with E-state index in [9.17, 15) is 19.3 Å². The minimum absolute atomic E-state index is 0.0289. The molecule has 3 aromatic carbocycles. The number of halogens is 1. The molecule has 1 aromatic heterocycles. The van der Waals surface area contributed by atoms with E-state index in [2.05, 4.69) is 15.6 Å². The Kier molecular flexibility index (Phi) is 6.07. The molecule has 10 heteroatoms. The van der Waals surface area contributed by atoms with Gasteiger partial charge in [-0.2, -0.15) is 0 Å². The molecular formula is C23H19FN6O3. The van der Waals surface area contributed by atoms with Crippen LogP contribution in [0.5, 0.6) is 0 Å². The lowest BCUT2D eigenvalue weighted by molar-refractivity contribution is -0.384. The van der Waals surface area contributed by atoms with Crippen molar-refractivity contribution >= 4 is 23.0 Å². The molecular weight excluding hydrogens is 427 g/mol. The second-order valence-electron chi connectivity index (χ2n) is 7.30. The highest BCUT2D eigenvalue weighted by Gasteiger charge is 2.14. The minimum atomic E-state index is -0.473. The first-order valence-electron chi connectivity index (χ1n) is 9.99. The van der Waals surface area contributed by atoms with Crippen LogP contribution < -0.4 is 11.1 Å². The Morgan fingerprint density at radius 2 is 1.76 bits per heavy atom. The number of nitro benzene ring substituents is 1. The van der Waals surface area contributed by atoms with Crippen molar-refractivity contribution in [2.24, 2.45) is 0 Å². The fraction of sp³-hybridized carbons (Fsp3) is 0.0870. The van der Waals surface area contributed by atoms with Crippen LogP contribution in [0, 0.1) is 15.9 Å². The van der Waals surface area contributed by atoms with Gasteiger partial charge in [-0.3, -0.25) is 19.6 Å². The molecule has 0 unspecified atom stereocenters. The number of nitrogen functional groups attached to an aromatic ring is 1. The van der Waals surface area contributed by atoms with Gasteiger partial charge in [-0.1, -0.05) is 35.5 Å². The van der Waals surface area contributed by atoms with Crippen LogP contribution in [0.4, 0.5) is 21.5 Å². The van der Waals surface area contributed by atoms with Crippen LogP contribution >= 0.6 is 0 Å². The van der Waals surface area contributed by atoms with E-state index in [4.69, 9.17) is 5.73 Å². The number of nitro groups is 1. The van der Waals surface area contributed by atoms with Gasteiger partial charge in [-0.15, -0.1) is 5.10 Å². The molecule has 0 aliphatic rings. The monoisotopic (exact) mass is 446 g/mol. The molecule has 9 nitrogen and oxygen atoms in total. The fourth-order valence-electron chi connectivity index (χ4n) is 3.21. The SMILES string of the molecule is Nc1ccc(-c2ccc(F)cc2)cc1NC(=O)c1cn(CCc2ccc([N+](=O)[O-])cc2)nn1. The Morgan fingerprint density at radius 1 is 1.06 bits per heavy atom. The highest BCUT2D eigenvalue weighted by Crippen LogP contribution is 2.27. The van der Waals surface area contributed by atoms with E-state index in [0.29, 0.717) is 24.3 Å². The van der Waals surface area contributed by atoms with Gasteiger partial charge in [0.15, 0.2) is 5.69 Å². The maximum Gasteiger partial charge on any atom is 0.277 e. The molecule has 0 aliphatic carbocycles. The van der Waals surface area contributed by atoms with Crippen molar-refractivity contribution < 1.29 is 14.1 Å². The number of nitrogens with two attached hydrogens (primary N) is 1. The smallest absolute Gasteiger partial charge is 0.277 e. The number of aromatic nitrogens is 3. The van der Waals surface area contributed by atoms with Crippen LogP contribution in [0.15, 0.2) is 72.9 Å². The quantitative estimate of drug-likeness (QED) is 0.250. The summed E-state index contributed by atoms with van der Waals surface area (Å²) in [6, 6.07) is 17.4. The average Bonchev–Trinajstić information content (AvgIpc) is 3.29. The van der Waals surface area contributed by atoms with Gasteiger partial charge in [0.05, 0.1) is 22.5 Å². The predicted octanol–water partition coefficient (Wildman–Crippen LogP) is 4.07. The first-order valence-corrected chi connectivity index (χ1v) is 9.99. The minimum Gasteiger partial charge on any atom is -0.397 e. The summed E-state index contributed by atoms with van der Waals surface area (Å²) in [6.45, 7) is 0.445. The van der Waals surface area contributed by atoms with E-state index >= 15 is 0 Å². The van der Waals surface area contributed by atoms with E-state index in [0.717, 1.165) is 16.7 Å². The number of amides is 1. The second kappa shape index (κ2) is 9.27. The van der Waals surface area contributed by atoms with Crippen molar-refractivity contribution in [2.75, 3.05) is 11.1 Å². The summed E-state index contributed by atoms with van der Waals surface area (Å²) in [7, 11) is 0. The molecule has 0 spiro atoms. The lowest BCUT2D eigenvalue weighted by Crippen LogP contribution is -2.14. The summed E-state index contributed by atoms with van der Waals surface area (Å²) < 4.78 is 14.7. The third kappa shape index (κ3) is 5.18. The van der Waals surface area contributed by atoms with Crippen molar-refractivity contribution in [3.05, 3.63) is 100 Å². The molecule has 0 fully saturated rings. The summed E-state index contributed by atoms with van der Waals surface area (Å²) in [6.07, 6.45) is 2.08. The van der Waals surface area contributed by atoms with Gasteiger partial charge in [0.2, 0.25) is 0 Å². The number of nitrogens with zero attached hydrogens (tertiary/aromatic N) is 4. The Morgan fingerprint density at radius 3 is 2.45 bits per heavy atom. The largest absolute Gasteiger partial charge is 0.397 e. The van der Waals surface area contributed by atoms with Crippen LogP contribution in [0.1, 0.15) is 16.1 Å². The Labute approximate surface area is 187 Å². The number of aryl methyl sites for hydroxylation is 2. The van der Waals surface area contributed by atoms with Crippen LogP contribution in [-0.4, -0.2) is 25.8 Å². The maximum atomic E-state index is 13.2. The van der Waals surface area contributed by atoms with E-state index in [1.807, 2.05) is 0 Å². The van der Waals surface area contributed by atoms with Crippen LogP contribution in [0.25, 0.3) is 11.1 Å². The standard InChI is InChI=1S/C23H19FN6O3/c24-18-6-3-16(4-7-18)17-5-10-20(25)21(13-17)26-23(31)22-14-29(28-27-22)12-11-15-1-8-19(9-2-15)30(32)33/h1-10,13-14H,11-12,25H2,(H,26,31). The zero-order chi connectivity index (χ0) is 23.4. The molecule has 3 N–H and O–H groups in total. The Balaban J connectivity index is 1.41. The van der Waals surface area contributed by atoms with Crippen molar-refractivity contribution in [1.29, 1.82) is 0 Å². The Bertz CT molecular complexity index is 1300. The first-order chi connectivity index (χ1) is 15.9. The van der Waals surface area contributed by atoms with Crippen molar-refractivity contribution in [3.63, 3.8) is 0 Å². The van der Waals surface area contributed by atoms with Crippen LogP contribution in [-0.2, 0) is 13.0 Å². The average molecular weight is 446 g/mol. The molecule has 33 heavy (non-hydrogen) atoms. The molecule has 0 aliphatic heterocycles. The number of benzene rings is 3. The van der Waals surface area contributed by atoms with Gasteiger partial charge in [-0.05, 0) is 47.4 Å². The van der Waals surface area contributed by atoms with Gasteiger partial charge < -0.3 is 11.1 Å². The molecule has 1 heterocycles. The highest BCUT2D eigenvalue weighted by atomic mass is 19.1. The summed E-state index contributed by atoms with van der Waals surface area (Å²) >= 11 is 0. The fourth-order valence-corrected chi connectivity index (χ4v) is 3.21. The molecule has 0 bridgehead atoms. The van der Waals surface area contributed by atoms with E-state index in [-0.39, 0.29) is 17.2 Å². The maximum absolute atomic E-state index is 13.2. The number of carbonyl (C=O) groups excluding carboxylic acids is 1. The summed E-state index contributed by atoms with van der Waals surface area (Å²) in [5.74, 6) is -0.807. The summed E-state index contributed by atoms with van der Waals surface area (Å²) in [5.41, 5.74) is 9.38. The molecule has 0 saturated heterocycles. The first kappa shape index (κ1) is 21.6. The highest BCUT2D eigenvalue weighted by molar-refractivity contribution is 6.04. The molecule has 1 amide bonds. The van der Waals surface area contributed by atoms with Crippen LogP contribution in [0.3, 0.4) is 0 Å². The zero-order valence-corrected chi connectivity index (χ0v) is 17.3. The molecule has 4 aromatic rings. The van der Waals surface area contributed by atoms with Gasteiger partial charge in [0.25, 0.3) is 11.6 Å². The van der Waals surface area contributed by atoms with Crippen molar-refractivity contribution in [1.82, 2.24) is 15.0 Å². The zero-order valence-electron chi connectivity index (χ0n) is 17.3. The molecule has 166 valence electrons. The number of anilines is 2. The van der Waals surface area contributed by atoms with Gasteiger partial charge in [-0.25, -0.2) is 4.39 Å². The number of rotatable bonds is 7.